The van der Waals surface area contributed by atoms with E-state index in [0.717, 1.165) is 12.1 Å². The molecule has 1 aromatic heterocycles. The monoisotopic (exact) mass is 252 g/mol. The van der Waals surface area contributed by atoms with E-state index in [1.165, 1.54) is 23.4 Å². The summed E-state index contributed by atoms with van der Waals surface area (Å²) in [4.78, 5) is 3.74. The van der Waals surface area contributed by atoms with Gasteiger partial charge in [0, 0.05) is 12.0 Å². The molecule has 0 unspecified atom stereocenters. The Morgan fingerprint density at radius 2 is 2.22 bits per heavy atom. The molecule has 0 aliphatic carbocycles. The predicted octanol–water partition coefficient (Wildman–Crippen LogP) is 1.56. The van der Waals surface area contributed by atoms with E-state index in [9.17, 15) is 13.9 Å². The van der Waals surface area contributed by atoms with Crippen LogP contribution in [0.4, 0.5) is 8.78 Å². The molecule has 1 heterocycles. The second-order valence-electron chi connectivity index (χ2n) is 3.94. The second-order valence-corrected chi connectivity index (χ2v) is 3.94. The molecule has 1 radical (unpaired) electrons. The molecular weight excluding hydrogens is 240 g/mol. The van der Waals surface area contributed by atoms with Gasteiger partial charge in [-0.2, -0.15) is 5.10 Å². The molecule has 1 N–H and O–H groups in total. The SMILES string of the molecule is C[C](c1ccc(F)cc1F)[C@@H](O)Cn1cncn1. The number of aliphatic hydroxyl groups excluding tert-OH is 1. The fraction of sp³-hybridized carbons (Fsp3) is 0.250. The van der Waals surface area contributed by atoms with Gasteiger partial charge in [-0.05, 0) is 11.6 Å². The van der Waals surface area contributed by atoms with Crippen LogP contribution in [0.2, 0.25) is 0 Å². The Kier molecular flexibility index (Phi) is 3.66. The second kappa shape index (κ2) is 5.22. The third-order valence-electron chi connectivity index (χ3n) is 2.68. The van der Waals surface area contributed by atoms with E-state index in [-0.39, 0.29) is 12.1 Å². The van der Waals surface area contributed by atoms with Crippen molar-refractivity contribution in [2.24, 2.45) is 0 Å². The van der Waals surface area contributed by atoms with Crippen LogP contribution >= 0.6 is 0 Å². The maximum absolute atomic E-state index is 13.5. The van der Waals surface area contributed by atoms with Crippen LogP contribution in [-0.2, 0) is 6.54 Å². The van der Waals surface area contributed by atoms with Gasteiger partial charge in [0.25, 0.3) is 0 Å². The van der Waals surface area contributed by atoms with Crippen LogP contribution in [0.15, 0.2) is 30.9 Å². The lowest BCUT2D eigenvalue weighted by atomic mass is 9.95. The zero-order valence-corrected chi connectivity index (χ0v) is 9.72. The molecule has 0 aliphatic rings. The van der Waals surface area contributed by atoms with Gasteiger partial charge in [-0.25, -0.2) is 13.8 Å². The summed E-state index contributed by atoms with van der Waals surface area (Å²) in [6, 6.07) is 3.26. The molecule has 2 aromatic rings. The van der Waals surface area contributed by atoms with E-state index in [0.29, 0.717) is 5.92 Å². The van der Waals surface area contributed by atoms with Gasteiger partial charge in [0.1, 0.15) is 24.3 Å². The van der Waals surface area contributed by atoms with E-state index < -0.39 is 17.7 Å². The molecule has 18 heavy (non-hydrogen) atoms. The quantitative estimate of drug-likeness (QED) is 0.898. The third-order valence-corrected chi connectivity index (χ3v) is 2.68. The fourth-order valence-electron chi connectivity index (χ4n) is 1.63. The molecule has 0 saturated heterocycles. The average molecular weight is 252 g/mol. The molecule has 6 heteroatoms. The topological polar surface area (TPSA) is 50.9 Å². The van der Waals surface area contributed by atoms with Crippen molar-refractivity contribution in [3.05, 3.63) is 54.0 Å². The molecule has 1 atom stereocenters. The molecule has 0 aliphatic heterocycles. The molecule has 0 saturated carbocycles. The molecule has 2 rings (SSSR count). The first-order valence-electron chi connectivity index (χ1n) is 5.37. The van der Waals surface area contributed by atoms with Crippen LogP contribution in [0.25, 0.3) is 0 Å². The van der Waals surface area contributed by atoms with Gasteiger partial charge in [0.05, 0.1) is 12.6 Å². The van der Waals surface area contributed by atoms with Crippen LogP contribution in [0.3, 0.4) is 0 Å². The molecule has 0 amide bonds. The van der Waals surface area contributed by atoms with E-state index in [1.807, 2.05) is 0 Å². The molecule has 4 nitrogen and oxygen atoms in total. The van der Waals surface area contributed by atoms with Crippen molar-refractivity contribution in [2.75, 3.05) is 0 Å². The smallest absolute Gasteiger partial charge is 0.137 e. The van der Waals surface area contributed by atoms with Crippen LogP contribution < -0.4 is 0 Å². The van der Waals surface area contributed by atoms with Gasteiger partial charge in [0.2, 0.25) is 0 Å². The Bertz CT molecular complexity index is 516. The van der Waals surface area contributed by atoms with Crippen molar-refractivity contribution >= 4 is 0 Å². The molecule has 0 fully saturated rings. The van der Waals surface area contributed by atoms with E-state index >= 15 is 0 Å². The summed E-state index contributed by atoms with van der Waals surface area (Å²) in [6.45, 7) is 1.76. The van der Waals surface area contributed by atoms with Gasteiger partial charge < -0.3 is 5.11 Å². The minimum atomic E-state index is -0.910. The lowest BCUT2D eigenvalue weighted by Gasteiger charge is -2.18. The number of aromatic nitrogens is 3. The Morgan fingerprint density at radius 1 is 1.44 bits per heavy atom. The van der Waals surface area contributed by atoms with Crippen molar-refractivity contribution in [1.82, 2.24) is 14.8 Å². The number of hydrogen-bond donors (Lipinski definition) is 1. The third kappa shape index (κ3) is 2.70. The number of rotatable bonds is 4. The van der Waals surface area contributed by atoms with Crippen molar-refractivity contribution in [3.8, 4) is 0 Å². The highest BCUT2D eigenvalue weighted by Crippen LogP contribution is 2.22. The summed E-state index contributed by atoms with van der Waals surface area (Å²) >= 11 is 0. The van der Waals surface area contributed by atoms with E-state index in [1.54, 1.807) is 6.92 Å². The summed E-state index contributed by atoms with van der Waals surface area (Å²) in [7, 11) is 0. The van der Waals surface area contributed by atoms with Crippen molar-refractivity contribution < 1.29 is 13.9 Å². The first kappa shape index (κ1) is 12.6. The molecule has 1 aromatic carbocycles. The number of benzene rings is 1. The lowest BCUT2D eigenvalue weighted by molar-refractivity contribution is 0.166. The van der Waals surface area contributed by atoms with Crippen molar-refractivity contribution in [3.63, 3.8) is 0 Å². The summed E-state index contributed by atoms with van der Waals surface area (Å²) < 4.78 is 27.8. The summed E-state index contributed by atoms with van der Waals surface area (Å²) in [5, 5.41) is 13.8. The standard InChI is InChI=1S/C12H12F2N3O/c1-8(10-3-2-9(13)4-11(10)14)12(18)5-17-7-15-6-16-17/h2-4,6-7,12,18H,5H2,1H3/t12-/m0/s1. The van der Waals surface area contributed by atoms with Gasteiger partial charge in [-0.1, -0.05) is 13.0 Å². The van der Waals surface area contributed by atoms with Gasteiger partial charge in [-0.3, -0.25) is 4.68 Å². The Morgan fingerprint density at radius 3 is 2.83 bits per heavy atom. The van der Waals surface area contributed by atoms with Crippen LogP contribution in [0.1, 0.15) is 12.5 Å². The first-order valence-corrected chi connectivity index (χ1v) is 5.37. The molecular formula is C12H12F2N3O. The minimum absolute atomic E-state index is 0.169. The normalized spacial score (nSPS) is 12.9. The highest BCUT2D eigenvalue weighted by atomic mass is 19.1. The van der Waals surface area contributed by atoms with Gasteiger partial charge in [-0.15, -0.1) is 0 Å². The Labute approximate surface area is 103 Å². The minimum Gasteiger partial charge on any atom is -0.390 e. The Hall–Kier alpha value is -1.82. The molecule has 0 spiro atoms. The predicted molar refractivity (Wildman–Crippen MR) is 60.4 cm³/mol. The number of hydrogen-bond acceptors (Lipinski definition) is 3. The summed E-state index contributed by atoms with van der Waals surface area (Å²) in [5.41, 5.74) is 0.198. The maximum atomic E-state index is 13.5. The lowest BCUT2D eigenvalue weighted by Crippen LogP contribution is -2.24. The largest absolute Gasteiger partial charge is 0.390 e. The number of halogens is 2. The Balaban J connectivity index is 2.12. The van der Waals surface area contributed by atoms with Crippen LogP contribution in [0, 0.1) is 17.6 Å². The van der Waals surface area contributed by atoms with Crippen molar-refractivity contribution in [2.45, 2.75) is 19.6 Å². The molecule has 95 valence electrons. The number of aliphatic hydroxyl groups is 1. The highest BCUT2D eigenvalue weighted by Gasteiger charge is 2.21. The fourth-order valence-corrected chi connectivity index (χ4v) is 1.63. The average Bonchev–Trinajstić information content (AvgIpc) is 2.81. The number of nitrogens with zero attached hydrogens (tertiary/aromatic N) is 3. The highest BCUT2D eigenvalue weighted by molar-refractivity contribution is 5.33. The zero-order chi connectivity index (χ0) is 13.1. The molecule has 0 bridgehead atoms. The first-order chi connectivity index (χ1) is 8.58. The van der Waals surface area contributed by atoms with Crippen LogP contribution in [-0.4, -0.2) is 26.0 Å². The van der Waals surface area contributed by atoms with E-state index in [2.05, 4.69) is 10.1 Å². The maximum Gasteiger partial charge on any atom is 0.137 e. The van der Waals surface area contributed by atoms with Crippen LogP contribution in [0.5, 0.6) is 0 Å². The summed E-state index contributed by atoms with van der Waals surface area (Å²) in [6.07, 6.45) is 1.89. The van der Waals surface area contributed by atoms with E-state index in [4.69, 9.17) is 0 Å². The van der Waals surface area contributed by atoms with Crippen molar-refractivity contribution in [1.29, 1.82) is 0 Å². The van der Waals surface area contributed by atoms with Gasteiger partial charge in [0.15, 0.2) is 0 Å². The summed E-state index contributed by atoms with van der Waals surface area (Å²) in [5.74, 6) is -0.914. The zero-order valence-electron chi connectivity index (χ0n) is 9.72. The van der Waals surface area contributed by atoms with Gasteiger partial charge >= 0.3 is 0 Å².